The summed E-state index contributed by atoms with van der Waals surface area (Å²) in [5.74, 6) is -0.588. The minimum Gasteiger partial charge on any atom is -0.465 e. The van der Waals surface area contributed by atoms with Crippen LogP contribution in [0.3, 0.4) is 0 Å². The van der Waals surface area contributed by atoms with Gasteiger partial charge in [-0.05, 0) is 75.4 Å². The lowest BCUT2D eigenvalue weighted by molar-refractivity contribution is -0.159. The number of aryl methyl sites for hydroxylation is 1. The zero-order valence-corrected chi connectivity index (χ0v) is 27.1. The maximum atomic E-state index is 12.8. The second-order valence-corrected chi connectivity index (χ2v) is 13.7. The molecule has 0 spiro atoms. The maximum Gasteiger partial charge on any atom is 0.329 e. The first-order valence-electron chi connectivity index (χ1n) is 14.8. The number of aromatic nitrogens is 4. The van der Waals surface area contributed by atoms with Gasteiger partial charge in [0, 0.05) is 30.5 Å². The number of nitrogens with one attached hydrogen (secondary N) is 3. The fourth-order valence-electron chi connectivity index (χ4n) is 4.27. The number of nitrogens with two attached hydrogens (primary N) is 1. The number of anilines is 1. The minimum absolute atomic E-state index is 0.0174. The van der Waals surface area contributed by atoms with E-state index in [0.29, 0.717) is 23.2 Å². The monoisotopic (exact) mass is 646 g/mol. The van der Waals surface area contributed by atoms with E-state index in [9.17, 15) is 19.2 Å². The summed E-state index contributed by atoms with van der Waals surface area (Å²) in [6, 6.07) is 6.53. The van der Waals surface area contributed by atoms with Crippen molar-refractivity contribution in [3.05, 3.63) is 46.5 Å². The van der Waals surface area contributed by atoms with Gasteiger partial charge in [-0.25, -0.2) is 9.78 Å². The highest BCUT2D eigenvalue weighted by Crippen LogP contribution is 2.28. The topological polar surface area (TPSA) is 182 Å². The summed E-state index contributed by atoms with van der Waals surface area (Å²) >= 11 is 0. The van der Waals surface area contributed by atoms with Crippen molar-refractivity contribution in [2.24, 2.45) is 0 Å². The molecule has 0 fully saturated rings. The normalized spacial score (nSPS) is 12.2. The van der Waals surface area contributed by atoms with Crippen LogP contribution in [0, 0.1) is 0 Å². The Hall–Kier alpha value is -3.52. The molecule has 1 atom stereocenters. The summed E-state index contributed by atoms with van der Waals surface area (Å²) < 4.78 is 10.8. The van der Waals surface area contributed by atoms with Gasteiger partial charge in [-0.1, -0.05) is 36.1 Å². The van der Waals surface area contributed by atoms with Crippen molar-refractivity contribution in [3.63, 3.8) is 0 Å². The second kappa shape index (κ2) is 17.7. The van der Waals surface area contributed by atoms with Crippen LogP contribution >= 0.6 is 21.6 Å². The molecule has 0 unspecified atom stereocenters. The Bertz CT molecular complexity index is 1420. The van der Waals surface area contributed by atoms with Crippen molar-refractivity contribution < 1.29 is 23.9 Å². The summed E-state index contributed by atoms with van der Waals surface area (Å²) in [6.45, 7) is 5.50. The van der Waals surface area contributed by atoms with E-state index in [2.05, 4.69) is 25.3 Å². The number of carbonyl (C=O) groups excluding carboxylic acids is 3. The number of fused-ring (bicyclic) bond motifs is 1. The van der Waals surface area contributed by atoms with E-state index in [1.54, 1.807) is 33.0 Å². The van der Waals surface area contributed by atoms with E-state index >= 15 is 0 Å². The molecule has 0 radical (unpaired) electrons. The molecular formula is C30H42N6O6S2. The fourth-order valence-corrected chi connectivity index (χ4v) is 5.97. The van der Waals surface area contributed by atoms with E-state index in [1.165, 1.54) is 21.6 Å². The maximum absolute atomic E-state index is 12.8. The van der Waals surface area contributed by atoms with Crippen molar-refractivity contribution in [2.75, 3.05) is 18.1 Å². The average Bonchev–Trinajstić information content (AvgIpc) is 3.37. The Kier molecular flexibility index (Phi) is 14.1. The quantitative estimate of drug-likeness (QED) is 0.0854. The molecule has 3 heterocycles. The third kappa shape index (κ3) is 13.0. The smallest absolute Gasteiger partial charge is 0.329 e. The molecule has 44 heavy (non-hydrogen) atoms. The molecule has 3 rings (SSSR count). The number of nitrogen functional groups attached to an aromatic ring is 1. The highest BCUT2D eigenvalue weighted by molar-refractivity contribution is 8.76. The highest BCUT2D eigenvalue weighted by atomic mass is 33.1. The van der Waals surface area contributed by atoms with Gasteiger partial charge in [0.05, 0.1) is 5.39 Å². The van der Waals surface area contributed by atoms with Crippen LogP contribution < -0.4 is 16.6 Å². The lowest BCUT2D eigenvalue weighted by Crippen LogP contribution is -2.44. The van der Waals surface area contributed by atoms with Crippen molar-refractivity contribution in [2.45, 2.75) is 95.2 Å². The predicted molar refractivity (Wildman–Crippen MR) is 173 cm³/mol. The van der Waals surface area contributed by atoms with Gasteiger partial charge in [-0.15, -0.1) is 0 Å². The van der Waals surface area contributed by atoms with Gasteiger partial charge < -0.3 is 25.5 Å². The van der Waals surface area contributed by atoms with Crippen LogP contribution in [-0.4, -0.2) is 61.8 Å². The number of nitrogens with zero attached hydrogens (tertiary/aromatic N) is 2. The molecule has 14 heteroatoms. The first-order valence-corrected chi connectivity index (χ1v) is 17.1. The highest BCUT2D eigenvalue weighted by Gasteiger charge is 2.27. The van der Waals surface area contributed by atoms with Crippen LogP contribution in [0.5, 0.6) is 0 Å². The number of hydrogen-bond acceptors (Lipinski definition) is 11. The lowest BCUT2D eigenvalue weighted by atomic mass is 10.1. The van der Waals surface area contributed by atoms with Gasteiger partial charge in [0.25, 0.3) is 5.56 Å². The Morgan fingerprint density at radius 3 is 2.59 bits per heavy atom. The van der Waals surface area contributed by atoms with E-state index < -0.39 is 23.6 Å². The zero-order valence-electron chi connectivity index (χ0n) is 25.5. The van der Waals surface area contributed by atoms with E-state index in [0.717, 1.165) is 42.8 Å². The summed E-state index contributed by atoms with van der Waals surface area (Å²) in [5.41, 5.74) is 6.02. The first kappa shape index (κ1) is 35.0. The molecular weight excluding hydrogens is 605 g/mol. The van der Waals surface area contributed by atoms with Crippen molar-refractivity contribution in [3.8, 4) is 0 Å². The number of esters is 2. The van der Waals surface area contributed by atoms with Gasteiger partial charge in [0.15, 0.2) is 0 Å². The number of unbranched alkanes of at least 4 members (excludes halogenated alkanes) is 4. The summed E-state index contributed by atoms with van der Waals surface area (Å²) in [7, 11) is 3.04. The van der Waals surface area contributed by atoms with Gasteiger partial charge in [-0.3, -0.25) is 19.4 Å². The number of rotatable bonds is 18. The summed E-state index contributed by atoms with van der Waals surface area (Å²) in [4.78, 5) is 63.6. The molecule has 0 aliphatic rings. The molecule has 0 saturated heterocycles. The minimum atomic E-state index is -0.934. The molecule has 3 aromatic heterocycles. The van der Waals surface area contributed by atoms with Crippen LogP contribution in [0.25, 0.3) is 11.0 Å². The summed E-state index contributed by atoms with van der Waals surface area (Å²) in [6.07, 6.45) is 7.21. The molecule has 0 bridgehead atoms. The third-order valence-corrected chi connectivity index (χ3v) is 8.53. The molecule has 240 valence electrons. The fraction of sp³-hybridized carbons (Fsp3) is 0.533. The number of hydrogen-bond donors (Lipinski definition) is 4. The Labute approximate surface area is 264 Å². The van der Waals surface area contributed by atoms with Gasteiger partial charge in [-0.2, -0.15) is 4.98 Å². The Morgan fingerprint density at radius 1 is 1.07 bits per heavy atom. The Balaban J connectivity index is 1.32. The number of carbonyl (C=O) groups is 3. The van der Waals surface area contributed by atoms with Gasteiger partial charge in [0.2, 0.25) is 11.9 Å². The predicted octanol–water partition coefficient (Wildman–Crippen LogP) is 4.70. The molecule has 0 saturated carbocycles. The van der Waals surface area contributed by atoms with Gasteiger partial charge >= 0.3 is 11.9 Å². The van der Waals surface area contributed by atoms with Crippen molar-refractivity contribution in [1.82, 2.24) is 25.3 Å². The molecule has 0 aliphatic carbocycles. The van der Waals surface area contributed by atoms with E-state index in [-0.39, 0.29) is 43.3 Å². The third-order valence-electron chi connectivity index (χ3n) is 6.30. The largest absolute Gasteiger partial charge is 0.465 e. The average molecular weight is 647 g/mol. The van der Waals surface area contributed by atoms with E-state index in [1.807, 2.05) is 18.2 Å². The van der Waals surface area contributed by atoms with Crippen molar-refractivity contribution in [1.29, 1.82) is 0 Å². The molecule has 0 aliphatic heterocycles. The van der Waals surface area contributed by atoms with Crippen LogP contribution in [0.4, 0.5) is 5.95 Å². The van der Waals surface area contributed by atoms with Crippen LogP contribution in [-0.2, 0) is 30.3 Å². The molecule has 12 nitrogen and oxygen atoms in total. The number of amides is 1. The van der Waals surface area contributed by atoms with Crippen LogP contribution in [0.2, 0.25) is 0 Å². The molecule has 5 N–H and O–H groups in total. The number of H-pyrrole nitrogens is 2. The van der Waals surface area contributed by atoms with Crippen LogP contribution in [0.1, 0.15) is 77.8 Å². The number of ether oxygens (including phenoxy) is 2. The molecule has 3 aromatic rings. The lowest BCUT2D eigenvalue weighted by Gasteiger charge is -2.24. The number of pyridine rings is 1. The zero-order chi connectivity index (χ0) is 32.0. The number of aromatic amines is 2. The van der Waals surface area contributed by atoms with Crippen molar-refractivity contribution >= 4 is 56.4 Å². The van der Waals surface area contributed by atoms with Crippen LogP contribution in [0.15, 0.2) is 40.3 Å². The SMILES string of the molecule is CC(C)(C)OC(=O)[C@H](CCC(=O)OCCSSc1ccccn1)NC(=O)CCCCCCCc1cc2c(=O)[nH]c(N)nc2[nH]1. The molecule has 0 aromatic carbocycles. The summed E-state index contributed by atoms with van der Waals surface area (Å²) in [5, 5.41) is 4.12. The first-order chi connectivity index (χ1) is 21.0. The molecule has 1 amide bonds. The second-order valence-electron chi connectivity index (χ2n) is 11.3. The standard InChI is InChI=1S/C30H42N6O6S2/c1-30(2,3)42-28(40)22(14-15-25(38)41-17-18-43-44-24-13-9-10-16-32-24)34-23(37)12-8-6-4-5-7-11-20-19-21-26(33-20)35-29(31)36-27(21)39/h9-10,13,16,19,22H,4-8,11-12,14-15,17-18H2,1-3H3,(H,34,37)(H4,31,33,35,36,39)/t22-/m0/s1. The Morgan fingerprint density at radius 2 is 1.84 bits per heavy atom. The van der Waals surface area contributed by atoms with E-state index in [4.69, 9.17) is 15.2 Å². The van der Waals surface area contributed by atoms with Gasteiger partial charge in [0.1, 0.15) is 28.9 Å².